The van der Waals surface area contributed by atoms with Gasteiger partial charge in [-0.3, -0.25) is 9.69 Å². The number of nitrogens with one attached hydrogen (secondary N) is 1. The monoisotopic (exact) mass is 250 g/mol. The first-order valence-corrected chi connectivity index (χ1v) is 6.01. The minimum absolute atomic E-state index is 0.0609. The van der Waals surface area contributed by atoms with E-state index in [1.165, 1.54) is 0 Å². The lowest BCUT2D eigenvalue weighted by molar-refractivity contribution is -0.117. The fourth-order valence-corrected chi connectivity index (χ4v) is 2.03. The van der Waals surface area contributed by atoms with Crippen LogP contribution in [0.2, 0.25) is 0 Å². The molecule has 0 aliphatic carbocycles. The average molecular weight is 250 g/mol. The van der Waals surface area contributed by atoms with Gasteiger partial charge in [-0.05, 0) is 30.7 Å². The van der Waals surface area contributed by atoms with Gasteiger partial charge in [0.05, 0.1) is 19.8 Å². The second kappa shape index (κ2) is 5.84. The zero-order chi connectivity index (χ0) is 13.0. The summed E-state index contributed by atoms with van der Waals surface area (Å²) in [5.41, 5.74) is 0.751. The predicted molar refractivity (Wildman–Crippen MR) is 68.7 cm³/mol. The molecule has 1 amide bonds. The number of benzene rings is 1. The van der Waals surface area contributed by atoms with Crippen LogP contribution >= 0.6 is 0 Å². The Morgan fingerprint density at radius 1 is 1.50 bits per heavy atom. The topological polar surface area (TPSA) is 61.8 Å². The lowest BCUT2D eigenvalue weighted by atomic mass is 10.3. The number of ether oxygens (including phenoxy) is 1. The molecule has 0 saturated carbocycles. The number of hydrogen-bond donors (Lipinski definition) is 2. The molecule has 5 heteroatoms. The van der Waals surface area contributed by atoms with Crippen molar-refractivity contribution in [3.63, 3.8) is 0 Å². The summed E-state index contributed by atoms with van der Waals surface area (Å²) in [6.45, 7) is 1.68. The molecule has 0 bridgehead atoms. The molecule has 1 aliphatic heterocycles. The molecule has 98 valence electrons. The van der Waals surface area contributed by atoms with Crippen molar-refractivity contribution in [3.8, 4) is 5.75 Å². The molecule has 0 radical (unpaired) electrons. The van der Waals surface area contributed by atoms with Crippen molar-refractivity contribution >= 4 is 11.6 Å². The Kier molecular flexibility index (Phi) is 4.17. The molecule has 2 rings (SSSR count). The van der Waals surface area contributed by atoms with E-state index in [9.17, 15) is 9.90 Å². The van der Waals surface area contributed by atoms with E-state index in [0.29, 0.717) is 13.1 Å². The first kappa shape index (κ1) is 12.9. The van der Waals surface area contributed by atoms with E-state index >= 15 is 0 Å². The zero-order valence-corrected chi connectivity index (χ0v) is 10.4. The number of carbonyl (C=O) groups is 1. The molecule has 18 heavy (non-hydrogen) atoms. The number of anilines is 1. The fraction of sp³-hybridized carbons (Fsp3) is 0.462. The molecule has 0 unspecified atom stereocenters. The highest BCUT2D eigenvalue weighted by molar-refractivity contribution is 5.92. The van der Waals surface area contributed by atoms with Gasteiger partial charge in [0.1, 0.15) is 5.75 Å². The largest absolute Gasteiger partial charge is 0.497 e. The van der Waals surface area contributed by atoms with Crippen LogP contribution in [0.4, 0.5) is 5.69 Å². The van der Waals surface area contributed by atoms with E-state index in [-0.39, 0.29) is 12.0 Å². The molecule has 1 aromatic rings. The van der Waals surface area contributed by atoms with Gasteiger partial charge in [-0.1, -0.05) is 0 Å². The van der Waals surface area contributed by atoms with Crippen LogP contribution < -0.4 is 10.1 Å². The summed E-state index contributed by atoms with van der Waals surface area (Å²) in [7, 11) is 1.60. The van der Waals surface area contributed by atoms with Crippen LogP contribution in [0.25, 0.3) is 0 Å². The Morgan fingerprint density at radius 2 is 2.22 bits per heavy atom. The zero-order valence-electron chi connectivity index (χ0n) is 10.4. The lowest BCUT2D eigenvalue weighted by Crippen LogP contribution is -2.32. The van der Waals surface area contributed by atoms with E-state index in [2.05, 4.69) is 5.32 Å². The van der Waals surface area contributed by atoms with Crippen molar-refractivity contribution in [3.05, 3.63) is 24.3 Å². The third-order valence-corrected chi connectivity index (χ3v) is 2.99. The van der Waals surface area contributed by atoms with Gasteiger partial charge in [0.15, 0.2) is 0 Å². The molecule has 0 aromatic heterocycles. The Labute approximate surface area is 106 Å². The number of β-amino-alcohol motifs (C(OH)–C–C–N with tert-alkyl or cyclic N) is 1. The second-order valence-electron chi connectivity index (χ2n) is 4.45. The number of hydrogen-bond acceptors (Lipinski definition) is 4. The van der Waals surface area contributed by atoms with Crippen LogP contribution in [-0.2, 0) is 4.79 Å². The third kappa shape index (κ3) is 3.45. The lowest BCUT2D eigenvalue weighted by Gasteiger charge is -2.14. The molecular weight excluding hydrogens is 232 g/mol. The number of amides is 1. The highest BCUT2D eigenvalue weighted by Gasteiger charge is 2.21. The molecule has 5 nitrogen and oxygen atoms in total. The maximum atomic E-state index is 11.8. The van der Waals surface area contributed by atoms with Crippen LogP contribution in [0, 0.1) is 0 Å². The summed E-state index contributed by atoms with van der Waals surface area (Å²) in [6, 6.07) is 7.20. The first-order chi connectivity index (χ1) is 8.67. The predicted octanol–water partition coefficient (Wildman–Crippen LogP) is 0.700. The van der Waals surface area contributed by atoms with Crippen LogP contribution in [-0.4, -0.2) is 48.8 Å². The van der Waals surface area contributed by atoms with E-state index in [1.54, 1.807) is 31.4 Å². The van der Waals surface area contributed by atoms with Crippen molar-refractivity contribution in [2.24, 2.45) is 0 Å². The number of nitrogens with zero attached hydrogens (tertiary/aromatic N) is 1. The van der Waals surface area contributed by atoms with Crippen molar-refractivity contribution in [1.82, 2.24) is 4.90 Å². The summed E-state index contributed by atoms with van der Waals surface area (Å²) in [5, 5.41) is 12.2. The van der Waals surface area contributed by atoms with Gasteiger partial charge in [-0.25, -0.2) is 0 Å². The molecule has 2 N–H and O–H groups in total. The van der Waals surface area contributed by atoms with E-state index in [0.717, 1.165) is 24.4 Å². The Morgan fingerprint density at radius 3 is 2.78 bits per heavy atom. The van der Waals surface area contributed by atoms with Crippen LogP contribution in [0.1, 0.15) is 6.42 Å². The Balaban J connectivity index is 1.83. The van der Waals surface area contributed by atoms with Gasteiger partial charge in [0, 0.05) is 18.8 Å². The number of likely N-dealkylation sites (tertiary alicyclic amines) is 1. The van der Waals surface area contributed by atoms with Crippen molar-refractivity contribution in [2.45, 2.75) is 12.5 Å². The summed E-state index contributed by atoms with van der Waals surface area (Å²) in [4.78, 5) is 13.7. The normalized spacial score (nSPS) is 19.8. The molecule has 1 aliphatic rings. The standard InChI is InChI=1S/C13H18N2O3/c1-18-12-4-2-10(3-5-12)14-13(17)9-15-7-6-11(16)8-15/h2-5,11,16H,6-9H2,1H3,(H,14,17)/t11-/m1/s1. The molecule has 1 fully saturated rings. The minimum atomic E-state index is -0.293. The van der Waals surface area contributed by atoms with Gasteiger partial charge in [0.2, 0.25) is 5.91 Å². The smallest absolute Gasteiger partial charge is 0.238 e. The average Bonchev–Trinajstić information content (AvgIpc) is 2.75. The maximum Gasteiger partial charge on any atom is 0.238 e. The Hall–Kier alpha value is -1.59. The quantitative estimate of drug-likeness (QED) is 0.826. The molecule has 0 spiro atoms. The molecule has 1 atom stereocenters. The summed E-state index contributed by atoms with van der Waals surface area (Å²) in [6.07, 6.45) is 0.453. The number of aliphatic hydroxyl groups is 1. The van der Waals surface area contributed by atoms with Gasteiger partial charge in [0.25, 0.3) is 0 Å². The van der Waals surface area contributed by atoms with Gasteiger partial charge < -0.3 is 15.2 Å². The van der Waals surface area contributed by atoms with E-state index in [4.69, 9.17) is 4.74 Å². The van der Waals surface area contributed by atoms with Crippen molar-refractivity contribution in [1.29, 1.82) is 0 Å². The van der Waals surface area contributed by atoms with Crippen molar-refractivity contribution in [2.75, 3.05) is 32.1 Å². The van der Waals surface area contributed by atoms with Crippen LogP contribution in [0.5, 0.6) is 5.75 Å². The third-order valence-electron chi connectivity index (χ3n) is 2.99. The number of aliphatic hydroxyl groups excluding tert-OH is 1. The maximum absolute atomic E-state index is 11.8. The highest BCUT2D eigenvalue weighted by atomic mass is 16.5. The van der Waals surface area contributed by atoms with Crippen LogP contribution in [0.3, 0.4) is 0 Å². The molecule has 1 heterocycles. The van der Waals surface area contributed by atoms with Crippen LogP contribution in [0.15, 0.2) is 24.3 Å². The second-order valence-corrected chi connectivity index (χ2v) is 4.45. The fourth-order valence-electron chi connectivity index (χ4n) is 2.03. The van der Waals surface area contributed by atoms with Gasteiger partial charge >= 0.3 is 0 Å². The van der Waals surface area contributed by atoms with E-state index < -0.39 is 0 Å². The number of rotatable bonds is 4. The molecule has 1 aromatic carbocycles. The highest BCUT2D eigenvalue weighted by Crippen LogP contribution is 2.15. The van der Waals surface area contributed by atoms with Crippen molar-refractivity contribution < 1.29 is 14.6 Å². The Bertz CT molecular complexity index is 405. The first-order valence-electron chi connectivity index (χ1n) is 6.01. The van der Waals surface area contributed by atoms with Gasteiger partial charge in [-0.15, -0.1) is 0 Å². The van der Waals surface area contributed by atoms with Gasteiger partial charge in [-0.2, -0.15) is 0 Å². The molecular formula is C13H18N2O3. The number of methoxy groups -OCH3 is 1. The summed E-state index contributed by atoms with van der Waals surface area (Å²) >= 11 is 0. The number of carbonyl (C=O) groups excluding carboxylic acids is 1. The minimum Gasteiger partial charge on any atom is -0.497 e. The molecule has 1 saturated heterocycles. The summed E-state index contributed by atoms with van der Waals surface area (Å²) in [5.74, 6) is 0.699. The SMILES string of the molecule is COc1ccc(NC(=O)CN2CC[C@@H](O)C2)cc1. The summed E-state index contributed by atoms with van der Waals surface area (Å²) < 4.78 is 5.04. The van der Waals surface area contributed by atoms with E-state index in [1.807, 2.05) is 4.90 Å².